The molecular formula is C13H18ClN2S+. The van der Waals surface area contributed by atoms with Crippen LogP contribution in [-0.4, -0.2) is 35.0 Å². The molecule has 0 saturated carbocycles. The van der Waals surface area contributed by atoms with E-state index in [-0.39, 0.29) is 0 Å². The summed E-state index contributed by atoms with van der Waals surface area (Å²) in [4.78, 5) is 6.33. The van der Waals surface area contributed by atoms with Crippen molar-refractivity contribution in [3.8, 4) is 12.3 Å². The van der Waals surface area contributed by atoms with Crippen LogP contribution in [0.4, 0.5) is 0 Å². The number of rotatable bonds is 7. The fourth-order valence-corrected chi connectivity index (χ4v) is 2.12. The predicted molar refractivity (Wildman–Crippen MR) is 77.5 cm³/mol. The first-order valence-corrected chi connectivity index (χ1v) is 7.48. The molecule has 4 heteroatoms. The fourth-order valence-electron chi connectivity index (χ4n) is 1.55. The van der Waals surface area contributed by atoms with E-state index in [1.165, 1.54) is 23.9 Å². The second-order valence-electron chi connectivity index (χ2n) is 3.80. The summed E-state index contributed by atoms with van der Waals surface area (Å²) in [5.41, 5.74) is 1.15. The third kappa shape index (κ3) is 5.97. The van der Waals surface area contributed by atoms with Gasteiger partial charge in [0.25, 0.3) is 0 Å². The van der Waals surface area contributed by atoms with Crippen molar-refractivity contribution >= 4 is 23.4 Å². The smallest absolute Gasteiger partial charge is 0.129 e. The maximum absolute atomic E-state index is 5.75. The Balaban J connectivity index is 2.48. The summed E-state index contributed by atoms with van der Waals surface area (Å²) < 4.78 is 0. The summed E-state index contributed by atoms with van der Waals surface area (Å²) >= 11 is 7.19. The lowest BCUT2D eigenvalue weighted by molar-refractivity contribution is 0.300. The molecule has 0 spiro atoms. The van der Waals surface area contributed by atoms with Gasteiger partial charge in [0, 0.05) is 25.7 Å². The van der Waals surface area contributed by atoms with Crippen LogP contribution in [0.1, 0.15) is 12.0 Å². The van der Waals surface area contributed by atoms with Gasteiger partial charge in [0.2, 0.25) is 0 Å². The van der Waals surface area contributed by atoms with Gasteiger partial charge >= 0.3 is 0 Å². The van der Waals surface area contributed by atoms with Crippen molar-refractivity contribution < 1.29 is 0 Å². The normalized spacial score (nSPS) is 10.5. The number of halogens is 1. The zero-order chi connectivity index (χ0) is 12.5. The Labute approximate surface area is 113 Å². The van der Waals surface area contributed by atoms with Gasteiger partial charge in [-0.2, -0.15) is 0 Å². The van der Waals surface area contributed by atoms with Gasteiger partial charge in [-0.25, -0.2) is 4.98 Å². The van der Waals surface area contributed by atoms with E-state index < -0.39 is 0 Å². The summed E-state index contributed by atoms with van der Waals surface area (Å²) in [5, 5.41) is 0.530. The average Bonchev–Trinajstić information content (AvgIpc) is 2.32. The first-order chi connectivity index (χ1) is 8.26. The molecule has 0 fully saturated rings. The van der Waals surface area contributed by atoms with Crippen LogP contribution in [0.3, 0.4) is 0 Å². The van der Waals surface area contributed by atoms with E-state index in [4.69, 9.17) is 18.0 Å². The number of thiol groups is 1. The van der Waals surface area contributed by atoms with Gasteiger partial charge in [-0.15, -0.1) is 6.42 Å². The van der Waals surface area contributed by atoms with E-state index in [0.717, 1.165) is 18.7 Å². The van der Waals surface area contributed by atoms with E-state index in [1.54, 1.807) is 0 Å². The Morgan fingerprint density at radius 3 is 2.94 bits per heavy atom. The van der Waals surface area contributed by atoms with Gasteiger partial charge in [-0.3, -0.25) is 4.90 Å². The fraction of sp³-hybridized carbons (Fsp3) is 0.462. The molecule has 0 aliphatic rings. The van der Waals surface area contributed by atoms with Crippen LogP contribution in [0.5, 0.6) is 0 Å². The van der Waals surface area contributed by atoms with Crippen molar-refractivity contribution in [1.29, 1.82) is 0 Å². The lowest BCUT2D eigenvalue weighted by Crippen LogP contribution is -2.25. The molecule has 17 heavy (non-hydrogen) atoms. The van der Waals surface area contributed by atoms with Crippen LogP contribution < -0.4 is 0 Å². The van der Waals surface area contributed by atoms with Gasteiger partial charge in [-0.05, 0) is 23.4 Å². The number of nitrogens with zero attached hydrogens (tertiary/aromatic N) is 2. The molecule has 1 rings (SSSR count). The zero-order valence-electron chi connectivity index (χ0n) is 10.1. The van der Waals surface area contributed by atoms with Crippen molar-refractivity contribution in [2.75, 3.05) is 25.1 Å². The van der Waals surface area contributed by atoms with Gasteiger partial charge in [0.05, 0.1) is 12.8 Å². The first-order valence-electron chi connectivity index (χ1n) is 5.58. The lowest BCUT2D eigenvalue weighted by Gasteiger charge is -2.18. The van der Waals surface area contributed by atoms with Crippen LogP contribution in [0.2, 0.25) is 5.15 Å². The lowest BCUT2D eigenvalue weighted by atomic mass is 10.2. The molecular weight excluding hydrogens is 252 g/mol. The molecule has 0 aromatic carbocycles. The van der Waals surface area contributed by atoms with Crippen molar-refractivity contribution in [1.82, 2.24) is 9.88 Å². The third-order valence-corrected chi connectivity index (χ3v) is 3.35. The van der Waals surface area contributed by atoms with Crippen LogP contribution in [-0.2, 0) is 18.3 Å². The first kappa shape index (κ1) is 14.4. The van der Waals surface area contributed by atoms with Crippen molar-refractivity contribution in [2.45, 2.75) is 13.0 Å². The molecule has 0 atom stereocenters. The highest BCUT2D eigenvalue weighted by Gasteiger charge is 2.05. The summed E-state index contributed by atoms with van der Waals surface area (Å²) in [5.74, 6) is 3.93. The summed E-state index contributed by atoms with van der Waals surface area (Å²) in [6.45, 7) is 2.56. The minimum absolute atomic E-state index is 0.530. The molecule has 0 saturated heterocycles. The molecule has 92 valence electrons. The molecule has 1 aromatic heterocycles. The highest BCUT2D eigenvalue weighted by molar-refractivity contribution is 7.77. The largest absolute Gasteiger partial charge is 0.288 e. The molecule has 0 bridgehead atoms. The standard InChI is InChI=1S/C13H17ClN2S/c1-3-7-16(8-4-9-17-2)11-12-5-6-13(14)15-10-12/h1,5-6,10H,4,7-9,11H2,2H3/p+1. The van der Waals surface area contributed by atoms with Crippen LogP contribution in [0.15, 0.2) is 18.3 Å². The molecule has 0 radical (unpaired) electrons. The molecule has 2 nitrogen and oxygen atoms in total. The molecule has 0 N–H and O–H groups in total. The topological polar surface area (TPSA) is 16.1 Å². The quantitative estimate of drug-likeness (QED) is 0.248. The third-order valence-electron chi connectivity index (χ3n) is 2.37. The zero-order valence-corrected chi connectivity index (χ0v) is 11.7. The average molecular weight is 270 g/mol. The molecule has 0 aliphatic carbocycles. The highest BCUT2D eigenvalue weighted by Crippen LogP contribution is 2.08. The van der Waals surface area contributed by atoms with E-state index in [1.807, 2.05) is 18.3 Å². The Bertz CT molecular complexity index is 359. The van der Waals surface area contributed by atoms with Gasteiger partial charge in [-0.1, -0.05) is 23.6 Å². The summed E-state index contributed by atoms with van der Waals surface area (Å²) in [7, 11) is 0. The highest BCUT2D eigenvalue weighted by atomic mass is 35.5. The number of hydrogen-bond donors (Lipinski definition) is 0. The predicted octanol–water partition coefficient (Wildman–Crippen LogP) is 2.00. The maximum atomic E-state index is 5.75. The SMILES string of the molecule is C#CCN(CCC[SH+]C)Cc1ccc(Cl)nc1. The molecule has 0 aliphatic heterocycles. The monoisotopic (exact) mass is 269 g/mol. The minimum Gasteiger partial charge on any atom is -0.288 e. The number of terminal acetylenes is 1. The van der Waals surface area contributed by atoms with Gasteiger partial charge in [0.15, 0.2) is 0 Å². The minimum atomic E-state index is 0.530. The molecule has 1 aromatic rings. The Hall–Kier alpha value is -0.690. The van der Waals surface area contributed by atoms with Crippen molar-refractivity contribution in [3.63, 3.8) is 0 Å². The van der Waals surface area contributed by atoms with Crippen LogP contribution >= 0.6 is 11.6 Å². The molecule has 1 heterocycles. The van der Waals surface area contributed by atoms with E-state index in [0.29, 0.717) is 11.7 Å². The molecule has 0 unspecified atom stereocenters. The van der Waals surface area contributed by atoms with Gasteiger partial charge < -0.3 is 0 Å². The van der Waals surface area contributed by atoms with E-state index in [2.05, 4.69) is 22.1 Å². The summed E-state index contributed by atoms with van der Waals surface area (Å²) in [6, 6.07) is 3.81. The Morgan fingerprint density at radius 1 is 1.53 bits per heavy atom. The number of hydrogen-bond acceptors (Lipinski definition) is 2. The maximum Gasteiger partial charge on any atom is 0.129 e. The van der Waals surface area contributed by atoms with Crippen molar-refractivity contribution in [3.05, 3.63) is 29.0 Å². The number of aromatic nitrogens is 1. The van der Waals surface area contributed by atoms with E-state index >= 15 is 0 Å². The number of pyridine rings is 1. The summed E-state index contributed by atoms with van der Waals surface area (Å²) in [6.07, 6.45) is 10.5. The van der Waals surface area contributed by atoms with Gasteiger partial charge in [0.1, 0.15) is 10.9 Å². The second-order valence-corrected chi connectivity index (χ2v) is 5.26. The van der Waals surface area contributed by atoms with Crippen LogP contribution in [0, 0.1) is 12.3 Å². The Kier molecular flexibility index (Phi) is 7.11. The van der Waals surface area contributed by atoms with Crippen LogP contribution in [0.25, 0.3) is 0 Å². The van der Waals surface area contributed by atoms with E-state index in [9.17, 15) is 0 Å². The Morgan fingerprint density at radius 2 is 2.35 bits per heavy atom. The second kappa shape index (κ2) is 8.41. The molecule has 0 amide bonds. The van der Waals surface area contributed by atoms with Crippen molar-refractivity contribution in [2.24, 2.45) is 0 Å².